The lowest BCUT2D eigenvalue weighted by Gasteiger charge is -2.12. The highest BCUT2D eigenvalue weighted by Crippen LogP contribution is 2.24. The Morgan fingerprint density at radius 1 is 1.45 bits per heavy atom. The van der Waals surface area contributed by atoms with Crippen molar-refractivity contribution >= 4 is 11.6 Å². The van der Waals surface area contributed by atoms with E-state index in [0.29, 0.717) is 43.4 Å². The van der Waals surface area contributed by atoms with Gasteiger partial charge in [-0.25, -0.2) is 0 Å². The molecule has 1 rings (SSSR count). The van der Waals surface area contributed by atoms with Gasteiger partial charge >= 0.3 is 0 Å². The van der Waals surface area contributed by atoms with Crippen LogP contribution in [-0.2, 0) is 4.74 Å². The molecular formula is C15H22N2O3. The zero-order chi connectivity index (χ0) is 14.8. The molecule has 1 aromatic rings. The quantitative estimate of drug-likeness (QED) is 0.411. The molecule has 0 atom stereocenters. The molecule has 5 heteroatoms. The third-order valence-electron chi connectivity index (χ3n) is 2.58. The SMILES string of the molecule is C=CCCOCCNC(=O)c1c(N)cccc1OCC. The van der Waals surface area contributed by atoms with Crippen LogP contribution in [0.15, 0.2) is 30.9 Å². The molecule has 0 fully saturated rings. The van der Waals surface area contributed by atoms with E-state index in [9.17, 15) is 4.79 Å². The summed E-state index contributed by atoms with van der Waals surface area (Å²) in [7, 11) is 0. The van der Waals surface area contributed by atoms with Crippen molar-refractivity contribution in [1.82, 2.24) is 5.32 Å². The van der Waals surface area contributed by atoms with Crippen LogP contribution in [0, 0.1) is 0 Å². The van der Waals surface area contributed by atoms with Gasteiger partial charge in [-0.2, -0.15) is 0 Å². The lowest BCUT2D eigenvalue weighted by Crippen LogP contribution is -2.28. The van der Waals surface area contributed by atoms with Crippen molar-refractivity contribution in [3.05, 3.63) is 36.4 Å². The molecule has 0 bridgehead atoms. The van der Waals surface area contributed by atoms with Crippen LogP contribution in [0.2, 0.25) is 0 Å². The largest absolute Gasteiger partial charge is 0.493 e. The Bertz CT molecular complexity index is 447. The van der Waals surface area contributed by atoms with E-state index in [0.717, 1.165) is 6.42 Å². The summed E-state index contributed by atoms with van der Waals surface area (Å²) >= 11 is 0. The van der Waals surface area contributed by atoms with Crippen molar-refractivity contribution in [2.45, 2.75) is 13.3 Å². The maximum absolute atomic E-state index is 12.1. The van der Waals surface area contributed by atoms with Crippen molar-refractivity contribution in [2.75, 3.05) is 32.1 Å². The van der Waals surface area contributed by atoms with Gasteiger partial charge < -0.3 is 20.5 Å². The first-order valence-electron chi connectivity index (χ1n) is 6.68. The van der Waals surface area contributed by atoms with Crippen LogP contribution in [0.3, 0.4) is 0 Å². The Balaban J connectivity index is 2.52. The highest BCUT2D eigenvalue weighted by Gasteiger charge is 2.15. The number of hydrogen-bond acceptors (Lipinski definition) is 4. The topological polar surface area (TPSA) is 73.6 Å². The van der Waals surface area contributed by atoms with Crippen molar-refractivity contribution in [2.24, 2.45) is 0 Å². The summed E-state index contributed by atoms with van der Waals surface area (Å²) in [6, 6.07) is 5.17. The fraction of sp³-hybridized carbons (Fsp3) is 0.400. The van der Waals surface area contributed by atoms with Crippen LogP contribution in [0.5, 0.6) is 5.75 Å². The maximum Gasteiger partial charge on any atom is 0.257 e. The van der Waals surface area contributed by atoms with Crippen LogP contribution >= 0.6 is 0 Å². The summed E-state index contributed by atoms with van der Waals surface area (Å²) in [6.07, 6.45) is 2.59. The van der Waals surface area contributed by atoms with Crippen molar-refractivity contribution in [3.8, 4) is 5.75 Å². The Morgan fingerprint density at radius 2 is 2.25 bits per heavy atom. The van der Waals surface area contributed by atoms with E-state index >= 15 is 0 Å². The molecule has 0 saturated carbocycles. The number of ether oxygens (including phenoxy) is 2. The Labute approximate surface area is 119 Å². The molecule has 0 saturated heterocycles. The Kier molecular flexibility index (Phi) is 7.21. The van der Waals surface area contributed by atoms with Gasteiger partial charge in [-0.1, -0.05) is 12.1 Å². The zero-order valence-corrected chi connectivity index (χ0v) is 11.9. The monoisotopic (exact) mass is 278 g/mol. The van der Waals surface area contributed by atoms with E-state index in [1.807, 2.05) is 6.92 Å². The van der Waals surface area contributed by atoms with Crippen molar-refractivity contribution in [1.29, 1.82) is 0 Å². The summed E-state index contributed by atoms with van der Waals surface area (Å²) in [5, 5.41) is 2.77. The molecule has 5 nitrogen and oxygen atoms in total. The van der Waals surface area contributed by atoms with Gasteiger partial charge in [-0.15, -0.1) is 6.58 Å². The number of rotatable bonds is 9. The summed E-state index contributed by atoms with van der Waals surface area (Å²) in [6.45, 7) is 7.43. The normalized spacial score (nSPS) is 10.1. The van der Waals surface area contributed by atoms with Gasteiger partial charge in [0.2, 0.25) is 0 Å². The molecule has 1 amide bonds. The van der Waals surface area contributed by atoms with Gasteiger partial charge in [-0.3, -0.25) is 4.79 Å². The van der Waals surface area contributed by atoms with Crippen LogP contribution < -0.4 is 15.8 Å². The number of nitrogen functional groups attached to an aromatic ring is 1. The van der Waals surface area contributed by atoms with Gasteiger partial charge in [0.25, 0.3) is 5.91 Å². The molecule has 0 aliphatic heterocycles. The number of nitrogens with two attached hydrogens (primary N) is 1. The van der Waals surface area contributed by atoms with Gasteiger partial charge in [0.05, 0.1) is 19.8 Å². The fourth-order valence-electron chi connectivity index (χ4n) is 1.66. The standard InChI is InChI=1S/C15H22N2O3/c1-3-5-10-19-11-9-17-15(18)14-12(16)7-6-8-13(14)20-4-2/h3,6-8H,1,4-5,9-11,16H2,2H3,(H,17,18). The Hall–Kier alpha value is -2.01. The second kappa shape index (κ2) is 8.98. The molecule has 0 spiro atoms. The third kappa shape index (κ3) is 4.93. The number of benzene rings is 1. The molecular weight excluding hydrogens is 256 g/mol. The Morgan fingerprint density at radius 3 is 2.95 bits per heavy atom. The molecule has 0 aromatic heterocycles. The predicted molar refractivity (Wildman–Crippen MR) is 80.0 cm³/mol. The summed E-state index contributed by atoms with van der Waals surface area (Å²) in [5.41, 5.74) is 6.62. The highest BCUT2D eigenvalue weighted by atomic mass is 16.5. The summed E-state index contributed by atoms with van der Waals surface area (Å²) in [5.74, 6) is 0.247. The van der Waals surface area contributed by atoms with E-state index < -0.39 is 0 Å². The molecule has 0 radical (unpaired) electrons. The van der Waals surface area contributed by atoms with E-state index in [4.69, 9.17) is 15.2 Å². The predicted octanol–water partition coefficient (Wildman–Crippen LogP) is 1.99. The maximum atomic E-state index is 12.1. The first-order valence-corrected chi connectivity index (χ1v) is 6.68. The van der Waals surface area contributed by atoms with Gasteiger partial charge in [0.15, 0.2) is 0 Å². The zero-order valence-electron chi connectivity index (χ0n) is 11.9. The van der Waals surface area contributed by atoms with Gasteiger partial charge in [0.1, 0.15) is 11.3 Å². The van der Waals surface area contributed by atoms with Crippen molar-refractivity contribution in [3.63, 3.8) is 0 Å². The lowest BCUT2D eigenvalue weighted by molar-refractivity contribution is 0.0915. The molecule has 20 heavy (non-hydrogen) atoms. The number of anilines is 1. The second-order valence-corrected chi connectivity index (χ2v) is 4.10. The molecule has 1 aromatic carbocycles. The summed E-state index contributed by atoms with van der Waals surface area (Å²) < 4.78 is 10.7. The lowest BCUT2D eigenvalue weighted by atomic mass is 10.1. The van der Waals surface area contributed by atoms with E-state index in [-0.39, 0.29) is 5.91 Å². The van der Waals surface area contributed by atoms with E-state index in [1.54, 1.807) is 24.3 Å². The number of carbonyl (C=O) groups is 1. The second-order valence-electron chi connectivity index (χ2n) is 4.10. The molecule has 110 valence electrons. The minimum absolute atomic E-state index is 0.251. The van der Waals surface area contributed by atoms with Crippen LogP contribution in [0.25, 0.3) is 0 Å². The molecule has 0 heterocycles. The molecule has 0 aliphatic carbocycles. The molecule has 0 aliphatic rings. The number of hydrogen-bond donors (Lipinski definition) is 2. The minimum Gasteiger partial charge on any atom is -0.493 e. The smallest absolute Gasteiger partial charge is 0.257 e. The fourth-order valence-corrected chi connectivity index (χ4v) is 1.66. The van der Waals surface area contributed by atoms with Gasteiger partial charge in [0, 0.05) is 12.2 Å². The summed E-state index contributed by atoms with van der Waals surface area (Å²) in [4.78, 5) is 12.1. The van der Waals surface area contributed by atoms with E-state index in [2.05, 4.69) is 11.9 Å². The average Bonchev–Trinajstić information content (AvgIpc) is 2.43. The van der Waals surface area contributed by atoms with E-state index in [1.165, 1.54) is 0 Å². The minimum atomic E-state index is -0.251. The first-order chi connectivity index (χ1) is 9.70. The first kappa shape index (κ1) is 16.0. The van der Waals surface area contributed by atoms with Crippen LogP contribution in [0.4, 0.5) is 5.69 Å². The number of amides is 1. The number of carbonyl (C=O) groups excluding carboxylic acids is 1. The highest BCUT2D eigenvalue weighted by molar-refractivity contribution is 6.01. The van der Waals surface area contributed by atoms with Gasteiger partial charge in [-0.05, 0) is 25.5 Å². The third-order valence-corrected chi connectivity index (χ3v) is 2.58. The average molecular weight is 278 g/mol. The van der Waals surface area contributed by atoms with Crippen molar-refractivity contribution < 1.29 is 14.3 Å². The molecule has 3 N–H and O–H groups in total. The number of nitrogens with one attached hydrogen (secondary N) is 1. The molecule has 0 unspecified atom stereocenters. The van der Waals surface area contributed by atoms with Crippen LogP contribution in [-0.4, -0.2) is 32.3 Å². The van der Waals surface area contributed by atoms with Crippen LogP contribution in [0.1, 0.15) is 23.7 Å².